The van der Waals surface area contributed by atoms with Crippen molar-refractivity contribution in [1.29, 1.82) is 0 Å². The van der Waals surface area contributed by atoms with E-state index in [9.17, 15) is 9.59 Å². The number of nitrogens with zero attached hydrogens (tertiary/aromatic N) is 1. The Hall–Kier alpha value is -1.04. The number of carbonyl (C=O) groups excluding carboxylic acids is 2. The van der Waals surface area contributed by atoms with Crippen molar-refractivity contribution in [3.63, 3.8) is 0 Å². The first kappa shape index (κ1) is 19.0. The zero-order valence-electron chi connectivity index (χ0n) is 11.8. The van der Waals surface area contributed by atoms with Gasteiger partial charge in [-0.05, 0) is 27.1 Å². The quantitative estimate of drug-likeness (QED) is 0.420. The SMILES string of the molecule is C=CCSC1=CC(=O)C(NCCCN(C)C)=CC1=O.Cl. The van der Waals surface area contributed by atoms with Crippen molar-refractivity contribution in [3.8, 4) is 0 Å². The first-order valence-corrected chi connectivity index (χ1v) is 7.17. The van der Waals surface area contributed by atoms with Crippen molar-refractivity contribution in [2.45, 2.75) is 6.42 Å². The van der Waals surface area contributed by atoms with E-state index in [1.54, 1.807) is 6.08 Å². The molecule has 112 valence electrons. The van der Waals surface area contributed by atoms with E-state index in [1.165, 1.54) is 23.9 Å². The fourth-order valence-electron chi connectivity index (χ4n) is 1.56. The van der Waals surface area contributed by atoms with Gasteiger partial charge in [0.1, 0.15) is 0 Å². The van der Waals surface area contributed by atoms with Gasteiger partial charge >= 0.3 is 0 Å². The summed E-state index contributed by atoms with van der Waals surface area (Å²) in [6.45, 7) is 5.22. The molecular weight excluding hydrogens is 296 g/mol. The minimum atomic E-state index is -0.129. The topological polar surface area (TPSA) is 49.4 Å². The zero-order chi connectivity index (χ0) is 14.3. The molecule has 0 amide bonds. The number of thioether (sulfide) groups is 1. The minimum absolute atomic E-state index is 0. The normalized spacial score (nSPS) is 14.6. The Morgan fingerprint density at radius 1 is 1.30 bits per heavy atom. The highest BCUT2D eigenvalue weighted by atomic mass is 35.5. The van der Waals surface area contributed by atoms with Crippen LogP contribution in [0.3, 0.4) is 0 Å². The van der Waals surface area contributed by atoms with E-state index in [0.717, 1.165) is 13.0 Å². The molecule has 0 aliphatic heterocycles. The average molecular weight is 317 g/mol. The molecule has 0 aromatic rings. The Kier molecular flexibility index (Phi) is 9.29. The van der Waals surface area contributed by atoms with Crippen LogP contribution in [0.1, 0.15) is 6.42 Å². The maximum absolute atomic E-state index is 11.8. The lowest BCUT2D eigenvalue weighted by molar-refractivity contribution is -0.115. The van der Waals surface area contributed by atoms with E-state index in [1.807, 2.05) is 14.1 Å². The van der Waals surface area contributed by atoms with Crippen molar-refractivity contribution in [1.82, 2.24) is 10.2 Å². The molecule has 1 N–H and O–H groups in total. The van der Waals surface area contributed by atoms with Crippen LogP contribution in [0.25, 0.3) is 0 Å². The van der Waals surface area contributed by atoms with Gasteiger partial charge in [0.05, 0.1) is 10.6 Å². The molecule has 0 saturated heterocycles. The largest absolute Gasteiger partial charge is 0.382 e. The summed E-state index contributed by atoms with van der Waals surface area (Å²) in [5.74, 6) is 0.391. The Labute approximate surface area is 130 Å². The van der Waals surface area contributed by atoms with Crippen LogP contribution in [0, 0.1) is 0 Å². The van der Waals surface area contributed by atoms with Gasteiger partial charge in [0.15, 0.2) is 5.78 Å². The number of rotatable bonds is 8. The predicted molar refractivity (Wildman–Crippen MR) is 87.3 cm³/mol. The molecule has 1 aliphatic carbocycles. The van der Waals surface area contributed by atoms with Crippen molar-refractivity contribution >= 4 is 35.7 Å². The maximum Gasteiger partial charge on any atom is 0.203 e. The zero-order valence-corrected chi connectivity index (χ0v) is 13.5. The van der Waals surface area contributed by atoms with Crippen LogP contribution in [-0.2, 0) is 9.59 Å². The average Bonchev–Trinajstić information content (AvgIpc) is 2.36. The van der Waals surface area contributed by atoms with Gasteiger partial charge in [-0.1, -0.05) is 6.08 Å². The Morgan fingerprint density at radius 2 is 2.00 bits per heavy atom. The number of allylic oxidation sites excluding steroid dienone is 3. The van der Waals surface area contributed by atoms with Gasteiger partial charge < -0.3 is 10.2 Å². The summed E-state index contributed by atoms with van der Waals surface area (Å²) in [6.07, 6.45) is 5.43. The predicted octanol–water partition coefficient (Wildman–Crippen LogP) is 1.79. The van der Waals surface area contributed by atoms with Crippen LogP contribution in [-0.4, -0.2) is 49.4 Å². The van der Waals surface area contributed by atoms with Gasteiger partial charge in [-0.25, -0.2) is 0 Å². The molecule has 0 spiro atoms. The second kappa shape index (κ2) is 9.80. The van der Waals surface area contributed by atoms with Crippen molar-refractivity contribution in [3.05, 3.63) is 35.4 Å². The third kappa shape index (κ3) is 6.41. The van der Waals surface area contributed by atoms with Crippen molar-refractivity contribution in [2.75, 3.05) is 32.9 Å². The van der Waals surface area contributed by atoms with Crippen LogP contribution >= 0.6 is 24.2 Å². The van der Waals surface area contributed by atoms with Crippen LogP contribution in [0.2, 0.25) is 0 Å². The number of hydrogen-bond donors (Lipinski definition) is 1. The highest BCUT2D eigenvalue weighted by Gasteiger charge is 2.19. The summed E-state index contributed by atoms with van der Waals surface area (Å²) in [7, 11) is 4.00. The fraction of sp³-hybridized carbons (Fsp3) is 0.429. The summed E-state index contributed by atoms with van der Waals surface area (Å²) in [6, 6.07) is 0. The summed E-state index contributed by atoms with van der Waals surface area (Å²) >= 11 is 1.34. The molecule has 0 saturated carbocycles. The van der Waals surface area contributed by atoms with E-state index in [0.29, 0.717) is 22.9 Å². The van der Waals surface area contributed by atoms with E-state index >= 15 is 0 Å². The number of nitrogens with one attached hydrogen (secondary N) is 1. The summed E-state index contributed by atoms with van der Waals surface area (Å²) in [5, 5.41) is 3.02. The highest BCUT2D eigenvalue weighted by Crippen LogP contribution is 2.21. The van der Waals surface area contributed by atoms with Gasteiger partial charge in [-0.3, -0.25) is 9.59 Å². The van der Waals surface area contributed by atoms with Crippen LogP contribution in [0.15, 0.2) is 35.4 Å². The summed E-state index contributed by atoms with van der Waals surface area (Å²) in [5.41, 5.74) is 0.395. The Morgan fingerprint density at radius 3 is 2.60 bits per heavy atom. The van der Waals surface area contributed by atoms with E-state index in [4.69, 9.17) is 0 Å². The van der Waals surface area contributed by atoms with Crippen LogP contribution in [0.5, 0.6) is 0 Å². The molecule has 0 atom stereocenters. The van der Waals surface area contributed by atoms with Crippen LogP contribution in [0.4, 0.5) is 0 Å². The summed E-state index contributed by atoms with van der Waals surface area (Å²) in [4.78, 5) is 26.2. The standard InChI is InChI=1S/C14H20N2O2S.ClH/c1-4-8-19-14-10-12(17)11(9-13(14)18)15-6-5-7-16(2)3;/h4,9-10,15H,1,5-8H2,2-3H3;1H. The van der Waals surface area contributed by atoms with Gasteiger partial charge in [0, 0.05) is 24.4 Å². The number of ketones is 2. The molecule has 4 nitrogen and oxygen atoms in total. The monoisotopic (exact) mass is 316 g/mol. The first-order chi connectivity index (χ1) is 9.04. The summed E-state index contributed by atoms with van der Waals surface area (Å²) < 4.78 is 0. The molecule has 0 radical (unpaired) electrons. The second-order valence-electron chi connectivity index (χ2n) is 4.48. The van der Waals surface area contributed by atoms with E-state index in [-0.39, 0.29) is 24.0 Å². The molecule has 20 heavy (non-hydrogen) atoms. The Balaban J connectivity index is 0.00000361. The third-order valence-corrected chi connectivity index (χ3v) is 3.53. The molecule has 1 aliphatic rings. The van der Waals surface area contributed by atoms with E-state index in [2.05, 4.69) is 16.8 Å². The van der Waals surface area contributed by atoms with Crippen LogP contribution < -0.4 is 5.32 Å². The smallest absolute Gasteiger partial charge is 0.203 e. The number of halogens is 1. The molecule has 0 aromatic carbocycles. The van der Waals surface area contributed by atoms with E-state index < -0.39 is 0 Å². The molecule has 0 unspecified atom stereocenters. The lowest BCUT2D eigenvalue weighted by Gasteiger charge is -2.14. The first-order valence-electron chi connectivity index (χ1n) is 6.19. The molecule has 1 rings (SSSR count). The lowest BCUT2D eigenvalue weighted by atomic mass is 10.1. The number of carbonyl (C=O) groups is 2. The lowest BCUT2D eigenvalue weighted by Crippen LogP contribution is -2.27. The van der Waals surface area contributed by atoms with Gasteiger partial charge in [0.2, 0.25) is 5.78 Å². The molecule has 6 heteroatoms. The maximum atomic E-state index is 11.8. The van der Waals surface area contributed by atoms with Gasteiger partial charge in [0.25, 0.3) is 0 Å². The van der Waals surface area contributed by atoms with Crippen molar-refractivity contribution in [2.24, 2.45) is 0 Å². The fourth-order valence-corrected chi connectivity index (χ4v) is 2.25. The van der Waals surface area contributed by atoms with Gasteiger partial charge in [-0.2, -0.15) is 0 Å². The molecular formula is C14H21ClN2O2S. The highest BCUT2D eigenvalue weighted by molar-refractivity contribution is 8.04. The molecule has 0 bridgehead atoms. The minimum Gasteiger partial charge on any atom is -0.382 e. The second-order valence-corrected chi connectivity index (χ2v) is 5.54. The molecule has 0 heterocycles. The van der Waals surface area contributed by atoms with Crippen molar-refractivity contribution < 1.29 is 9.59 Å². The third-order valence-electron chi connectivity index (χ3n) is 2.50. The van der Waals surface area contributed by atoms with Gasteiger partial charge in [-0.15, -0.1) is 30.7 Å². The number of hydrogen-bond acceptors (Lipinski definition) is 5. The molecule has 0 fully saturated rings. The Bertz CT molecular complexity index is 431. The molecule has 0 aromatic heterocycles.